The molecule has 0 radical (unpaired) electrons. The Morgan fingerprint density at radius 1 is 1.45 bits per heavy atom. The van der Waals surface area contributed by atoms with Crippen molar-refractivity contribution in [2.75, 3.05) is 18.9 Å². The van der Waals surface area contributed by atoms with Crippen molar-refractivity contribution in [1.29, 1.82) is 0 Å². The molecule has 0 aliphatic carbocycles. The number of hydrogen-bond acceptors (Lipinski definition) is 3. The Morgan fingerprint density at radius 2 is 2.30 bits per heavy atom. The van der Waals surface area contributed by atoms with E-state index in [1.54, 1.807) is 0 Å². The minimum absolute atomic E-state index is 0.407. The first-order valence-electron chi connectivity index (χ1n) is 7.74. The van der Waals surface area contributed by atoms with Crippen LogP contribution in [-0.2, 0) is 4.74 Å². The van der Waals surface area contributed by atoms with Crippen LogP contribution < -0.4 is 5.32 Å². The van der Waals surface area contributed by atoms with Crippen LogP contribution in [0, 0.1) is 6.92 Å². The van der Waals surface area contributed by atoms with Crippen LogP contribution in [0.3, 0.4) is 0 Å². The molecule has 0 spiro atoms. The van der Waals surface area contributed by atoms with E-state index in [2.05, 4.69) is 62.1 Å². The van der Waals surface area contributed by atoms with Crippen molar-refractivity contribution in [3.05, 3.63) is 35.4 Å². The molecule has 1 aromatic rings. The summed E-state index contributed by atoms with van der Waals surface area (Å²) in [5.74, 6) is 1.13. The lowest BCUT2D eigenvalue weighted by atomic mass is 10.1. The molecule has 1 aliphatic rings. The topological polar surface area (TPSA) is 21.3 Å². The second-order valence-corrected chi connectivity index (χ2v) is 6.93. The zero-order chi connectivity index (χ0) is 14.4. The van der Waals surface area contributed by atoms with Gasteiger partial charge in [0.1, 0.15) is 0 Å². The molecule has 0 aromatic heterocycles. The van der Waals surface area contributed by atoms with Crippen molar-refractivity contribution < 1.29 is 4.74 Å². The lowest BCUT2D eigenvalue weighted by Crippen LogP contribution is -2.26. The summed E-state index contributed by atoms with van der Waals surface area (Å²) in [6.07, 6.45) is 2.78. The molecule has 1 N–H and O–H groups in total. The highest BCUT2D eigenvalue weighted by Crippen LogP contribution is 2.30. The molecule has 1 aliphatic heterocycles. The van der Waals surface area contributed by atoms with Crippen molar-refractivity contribution in [3.63, 3.8) is 0 Å². The van der Waals surface area contributed by atoms with Crippen molar-refractivity contribution in [2.45, 2.75) is 51.0 Å². The minimum Gasteiger partial charge on any atom is -0.377 e. The molecule has 3 atom stereocenters. The molecule has 1 aromatic carbocycles. The molecule has 1 fully saturated rings. The van der Waals surface area contributed by atoms with Crippen molar-refractivity contribution >= 4 is 11.8 Å². The van der Waals surface area contributed by atoms with Crippen LogP contribution in [0.4, 0.5) is 0 Å². The molecule has 3 unspecified atom stereocenters. The van der Waals surface area contributed by atoms with Crippen LogP contribution >= 0.6 is 11.8 Å². The Balaban J connectivity index is 1.96. The lowest BCUT2D eigenvalue weighted by Gasteiger charge is -2.22. The molecular weight excluding hydrogens is 266 g/mol. The van der Waals surface area contributed by atoms with Crippen LogP contribution in [0.2, 0.25) is 0 Å². The summed E-state index contributed by atoms with van der Waals surface area (Å²) in [6, 6.07) is 9.34. The van der Waals surface area contributed by atoms with Gasteiger partial charge in [-0.1, -0.05) is 36.8 Å². The molecule has 1 saturated heterocycles. The summed E-state index contributed by atoms with van der Waals surface area (Å²) < 4.78 is 5.66. The van der Waals surface area contributed by atoms with Crippen LogP contribution in [-0.4, -0.2) is 30.3 Å². The van der Waals surface area contributed by atoms with E-state index in [0.717, 1.165) is 18.9 Å². The maximum Gasteiger partial charge on any atom is 0.0666 e. The molecule has 112 valence electrons. The Kier molecular flexibility index (Phi) is 6.40. The van der Waals surface area contributed by atoms with Gasteiger partial charge in [0.15, 0.2) is 0 Å². The zero-order valence-corrected chi connectivity index (χ0v) is 13.7. The van der Waals surface area contributed by atoms with Gasteiger partial charge in [-0.3, -0.25) is 0 Å². The van der Waals surface area contributed by atoms with E-state index in [0.29, 0.717) is 17.4 Å². The number of benzene rings is 1. The van der Waals surface area contributed by atoms with Crippen molar-refractivity contribution in [1.82, 2.24) is 5.32 Å². The average molecular weight is 293 g/mol. The van der Waals surface area contributed by atoms with E-state index in [-0.39, 0.29) is 0 Å². The number of hydrogen-bond donors (Lipinski definition) is 1. The third kappa shape index (κ3) is 4.51. The van der Waals surface area contributed by atoms with Gasteiger partial charge in [-0.15, -0.1) is 0 Å². The first-order valence-corrected chi connectivity index (χ1v) is 8.78. The smallest absolute Gasteiger partial charge is 0.0666 e. The highest BCUT2D eigenvalue weighted by molar-refractivity contribution is 8.00. The Labute approximate surface area is 127 Å². The van der Waals surface area contributed by atoms with Gasteiger partial charge in [-0.05, 0) is 38.8 Å². The van der Waals surface area contributed by atoms with Crippen molar-refractivity contribution in [2.24, 2.45) is 0 Å². The molecule has 20 heavy (non-hydrogen) atoms. The molecule has 2 rings (SSSR count). The van der Waals surface area contributed by atoms with Crippen LogP contribution in [0.25, 0.3) is 0 Å². The van der Waals surface area contributed by atoms with Crippen LogP contribution in [0.15, 0.2) is 24.3 Å². The van der Waals surface area contributed by atoms with E-state index in [9.17, 15) is 0 Å². The fourth-order valence-electron chi connectivity index (χ4n) is 2.63. The van der Waals surface area contributed by atoms with Gasteiger partial charge in [-0.2, -0.15) is 11.8 Å². The minimum atomic E-state index is 0.407. The van der Waals surface area contributed by atoms with E-state index < -0.39 is 0 Å². The second kappa shape index (κ2) is 8.06. The summed E-state index contributed by atoms with van der Waals surface area (Å²) in [4.78, 5) is 0. The van der Waals surface area contributed by atoms with Gasteiger partial charge >= 0.3 is 0 Å². The Bertz CT molecular complexity index is 410. The van der Waals surface area contributed by atoms with Gasteiger partial charge in [0.05, 0.1) is 6.10 Å². The molecule has 0 bridgehead atoms. The summed E-state index contributed by atoms with van der Waals surface area (Å²) in [6.45, 7) is 8.60. The highest BCUT2D eigenvalue weighted by atomic mass is 32.2. The van der Waals surface area contributed by atoms with Crippen LogP contribution in [0.5, 0.6) is 0 Å². The first kappa shape index (κ1) is 15.9. The van der Waals surface area contributed by atoms with E-state index >= 15 is 0 Å². The van der Waals surface area contributed by atoms with Gasteiger partial charge in [0, 0.05) is 23.7 Å². The first-order chi connectivity index (χ1) is 9.70. The summed E-state index contributed by atoms with van der Waals surface area (Å²) in [5.41, 5.74) is 2.76. The van der Waals surface area contributed by atoms with Gasteiger partial charge in [0.25, 0.3) is 0 Å². The third-order valence-electron chi connectivity index (χ3n) is 3.87. The normalized spacial score (nSPS) is 23.9. The summed E-state index contributed by atoms with van der Waals surface area (Å²) in [7, 11) is 0. The van der Waals surface area contributed by atoms with Gasteiger partial charge in [-0.25, -0.2) is 0 Å². The van der Waals surface area contributed by atoms with Gasteiger partial charge in [0.2, 0.25) is 0 Å². The average Bonchev–Trinajstić information content (AvgIpc) is 2.84. The van der Waals surface area contributed by atoms with Gasteiger partial charge < -0.3 is 10.1 Å². The molecule has 1 heterocycles. The highest BCUT2D eigenvalue weighted by Gasteiger charge is 2.25. The standard InChI is InChI=1S/C17H27NOS/c1-4-9-18-16(15-7-5-6-13(2)11-15)12-20-17-8-10-19-14(17)3/h5-7,11,14,16-18H,4,8-10,12H2,1-3H3. The van der Waals surface area contributed by atoms with Crippen molar-refractivity contribution in [3.8, 4) is 0 Å². The molecule has 3 heteroatoms. The van der Waals surface area contributed by atoms with E-state index in [4.69, 9.17) is 4.74 Å². The maximum atomic E-state index is 5.66. The Hall–Kier alpha value is -0.510. The summed E-state index contributed by atoms with van der Waals surface area (Å²) in [5, 5.41) is 4.35. The third-order valence-corrected chi connectivity index (χ3v) is 5.44. The molecule has 0 amide bonds. The molecule has 2 nitrogen and oxygen atoms in total. The van der Waals surface area contributed by atoms with Crippen LogP contribution in [0.1, 0.15) is 43.9 Å². The van der Waals surface area contributed by atoms with E-state index in [1.807, 2.05) is 0 Å². The number of nitrogens with one attached hydrogen (secondary N) is 1. The maximum absolute atomic E-state index is 5.66. The fourth-order valence-corrected chi connectivity index (χ4v) is 3.99. The second-order valence-electron chi connectivity index (χ2n) is 5.66. The monoisotopic (exact) mass is 293 g/mol. The fraction of sp³-hybridized carbons (Fsp3) is 0.647. The quantitative estimate of drug-likeness (QED) is 0.822. The molecule has 0 saturated carbocycles. The number of aryl methyl sites for hydroxylation is 1. The zero-order valence-electron chi connectivity index (χ0n) is 12.9. The Morgan fingerprint density at radius 3 is 2.95 bits per heavy atom. The number of ether oxygens (including phenoxy) is 1. The predicted octanol–water partition coefficient (Wildman–Crippen LogP) is 3.95. The van der Waals surface area contributed by atoms with E-state index in [1.165, 1.54) is 24.0 Å². The SMILES string of the molecule is CCCNC(CSC1CCOC1C)c1cccc(C)c1. The largest absolute Gasteiger partial charge is 0.377 e. The number of thioether (sulfide) groups is 1. The molecular formula is C17H27NOS. The predicted molar refractivity (Wildman–Crippen MR) is 88.5 cm³/mol. The number of rotatable bonds is 7. The summed E-state index contributed by atoms with van der Waals surface area (Å²) >= 11 is 2.06. The lowest BCUT2D eigenvalue weighted by molar-refractivity contribution is 0.127.